The van der Waals surface area contributed by atoms with E-state index in [0.717, 1.165) is 11.4 Å². The van der Waals surface area contributed by atoms with Crippen molar-refractivity contribution in [1.82, 2.24) is 15.1 Å². The maximum atomic E-state index is 11.8. The van der Waals surface area contributed by atoms with Crippen LogP contribution in [0.15, 0.2) is 29.1 Å². The first-order valence-corrected chi connectivity index (χ1v) is 6.34. The third-order valence-corrected chi connectivity index (χ3v) is 2.97. The van der Waals surface area contributed by atoms with E-state index in [9.17, 15) is 4.79 Å². The highest BCUT2D eigenvalue weighted by Crippen LogP contribution is 2.14. The molecule has 0 fully saturated rings. The molecule has 19 heavy (non-hydrogen) atoms. The summed E-state index contributed by atoms with van der Waals surface area (Å²) in [7, 11) is 1.81. The van der Waals surface area contributed by atoms with Crippen molar-refractivity contribution in [3.8, 4) is 5.69 Å². The Labute approximate surface area is 113 Å². The number of aromatic nitrogens is 2. The first-order chi connectivity index (χ1) is 9.01. The average molecular weight is 257 g/mol. The van der Waals surface area contributed by atoms with Crippen molar-refractivity contribution in [2.75, 3.05) is 7.05 Å². The van der Waals surface area contributed by atoms with Gasteiger partial charge in [0.05, 0.1) is 5.69 Å². The smallest absolute Gasteiger partial charge is 0.204 e. The summed E-state index contributed by atoms with van der Waals surface area (Å²) in [6.45, 7) is 6.49. The number of rotatable bonds is 3. The van der Waals surface area contributed by atoms with Gasteiger partial charge in [0, 0.05) is 18.3 Å². The number of benzene rings is 1. The predicted octanol–water partition coefficient (Wildman–Crippen LogP) is 1.88. The van der Waals surface area contributed by atoms with Crippen molar-refractivity contribution in [2.24, 2.45) is 0 Å². The van der Waals surface area contributed by atoms with Crippen LogP contribution in [0.1, 0.15) is 22.5 Å². The van der Waals surface area contributed by atoms with Crippen molar-refractivity contribution in [3.63, 3.8) is 0 Å². The molecule has 0 spiro atoms. The van der Waals surface area contributed by atoms with Crippen LogP contribution in [0.2, 0.25) is 0 Å². The van der Waals surface area contributed by atoms with Crippen LogP contribution in [0.3, 0.4) is 0 Å². The molecule has 0 aliphatic heterocycles. The molecule has 1 aromatic heterocycles. The molecule has 0 saturated carbocycles. The van der Waals surface area contributed by atoms with Crippen molar-refractivity contribution in [3.05, 3.63) is 57.0 Å². The lowest BCUT2D eigenvalue weighted by Gasteiger charge is -2.12. The molecule has 2 aromatic rings. The average Bonchev–Trinajstić information content (AvgIpc) is 2.31. The van der Waals surface area contributed by atoms with Gasteiger partial charge in [-0.1, -0.05) is 6.07 Å². The number of aryl methyl sites for hydroxylation is 3. The van der Waals surface area contributed by atoms with E-state index in [-0.39, 0.29) is 5.43 Å². The summed E-state index contributed by atoms with van der Waals surface area (Å²) in [5, 5.41) is 7.43. The normalized spacial score (nSPS) is 10.7. The van der Waals surface area contributed by atoms with E-state index in [1.165, 1.54) is 11.1 Å². The Balaban J connectivity index is 2.60. The topological polar surface area (TPSA) is 46.9 Å². The van der Waals surface area contributed by atoms with E-state index in [0.29, 0.717) is 12.2 Å². The Morgan fingerprint density at radius 3 is 2.32 bits per heavy atom. The highest BCUT2D eigenvalue weighted by Gasteiger charge is 2.07. The summed E-state index contributed by atoms with van der Waals surface area (Å²) in [6, 6.07) is 7.90. The Morgan fingerprint density at radius 2 is 1.74 bits per heavy atom. The summed E-state index contributed by atoms with van der Waals surface area (Å²) in [5.74, 6) is 0. The maximum Gasteiger partial charge on any atom is 0.204 e. The SMILES string of the molecule is CNCc1nn(-c2cc(C)cc(C)c2)c(C)cc1=O. The van der Waals surface area contributed by atoms with Crippen LogP contribution in [0.25, 0.3) is 5.69 Å². The first-order valence-electron chi connectivity index (χ1n) is 6.34. The third kappa shape index (κ3) is 2.90. The van der Waals surface area contributed by atoms with E-state index >= 15 is 0 Å². The van der Waals surface area contributed by atoms with Gasteiger partial charge in [0.1, 0.15) is 5.69 Å². The fourth-order valence-corrected chi connectivity index (χ4v) is 2.21. The molecule has 0 saturated heterocycles. The van der Waals surface area contributed by atoms with Gasteiger partial charge in [0.15, 0.2) is 0 Å². The number of nitrogens with one attached hydrogen (secondary N) is 1. The number of hydrogen-bond donors (Lipinski definition) is 1. The zero-order valence-corrected chi connectivity index (χ0v) is 11.8. The lowest BCUT2D eigenvalue weighted by atomic mass is 10.1. The maximum absolute atomic E-state index is 11.8. The molecule has 0 radical (unpaired) electrons. The Morgan fingerprint density at radius 1 is 1.11 bits per heavy atom. The predicted molar refractivity (Wildman–Crippen MR) is 76.8 cm³/mol. The van der Waals surface area contributed by atoms with Crippen LogP contribution in [0.5, 0.6) is 0 Å². The third-order valence-electron chi connectivity index (χ3n) is 2.97. The van der Waals surface area contributed by atoms with Gasteiger partial charge in [-0.05, 0) is 51.1 Å². The van der Waals surface area contributed by atoms with Gasteiger partial charge in [-0.3, -0.25) is 4.79 Å². The van der Waals surface area contributed by atoms with E-state index in [1.807, 2.05) is 18.7 Å². The summed E-state index contributed by atoms with van der Waals surface area (Å²) >= 11 is 0. The molecule has 0 aliphatic rings. The van der Waals surface area contributed by atoms with E-state index in [2.05, 4.69) is 42.5 Å². The molecule has 4 nitrogen and oxygen atoms in total. The highest BCUT2D eigenvalue weighted by molar-refractivity contribution is 5.39. The Bertz CT molecular complexity index is 639. The standard InChI is InChI=1S/C15H19N3O/c1-10-5-11(2)7-13(6-10)18-12(3)8-15(19)14(17-18)9-16-4/h5-8,16H,9H2,1-4H3. The Hall–Kier alpha value is -1.94. The van der Waals surface area contributed by atoms with Gasteiger partial charge >= 0.3 is 0 Å². The van der Waals surface area contributed by atoms with Crippen LogP contribution in [-0.2, 0) is 6.54 Å². The van der Waals surface area contributed by atoms with Crippen molar-refractivity contribution < 1.29 is 0 Å². The molecule has 1 N–H and O–H groups in total. The van der Waals surface area contributed by atoms with Gasteiger partial charge in [0.2, 0.25) is 5.43 Å². The van der Waals surface area contributed by atoms with Crippen LogP contribution < -0.4 is 10.7 Å². The van der Waals surface area contributed by atoms with E-state index in [4.69, 9.17) is 0 Å². The largest absolute Gasteiger partial charge is 0.314 e. The molecule has 0 atom stereocenters. The molecule has 4 heteroatoms. The van der Waals surface area contributed by atoms with Gasteiger partial charge in [0.25, 0.3) is 0 Å². The molecule has 0 aliphatic carbocycles. The van der Waals surface area contributed by atoms with Gasteiger partial charge in [-0.15, -0.1) is 0 Å². The minimum atomic E-state index is -0.0209. The molecule has 100 valence electrons. The molecule has 0 bridgehead atoms. The second kappa shape index (κ2) is 5.36. The van der Waals surface area contributed by atoms with Crippen LogP contribution in [-0.4, -0.2) is 16.8 Å². The fourth-order valence-electron chi connectivity index (χ4n) is 2.21. The van der Waals surface area contributed by atoms with Gasteiger partial charge < -0.3 is 5.32 Å². The summed E-state index contributed by atoms with van der Waals surface area (Å²) < 4.78 is 1.83. The second-order valence-electron chi connectivity index (χ2n) is 4.88. The summed E-state index contributed by atoms with van der Waals surface area (Å²) in [6.07, 6.45) is 0. The molecule has 2 rings (SSSR count). The Kier molecular flexibility index (Phi) is 3.81. The summed E-state index contributed by atoms with van der Waals surface area (Å²) in [4.78, 5) is 11.8. The van der Waals surface area contributed by atoms with E-state index in [1.54, 1.807) is 6.07 Å². The second-order valence-corrected chi connectivity index (χ2v) is 4.88. The lowest BCUT2D eigenvalue weighted by molar-refractivity contribution is 0.703. The number of nitrogens with zero attached hydrogens (tertiary/aromatic N) is 2. The van der Waals surface area contributed by atoms with Crippen LogP contribution in [0, 0.1) is 20.8 Å². The lowest BCUT2D eigenvalue weighted by Crippen LogP contribution is -2.22. The van der Waals surface area contributed by atoms with Crippen LogP contribution in [0.4, 0.5) is 0 Å². The fraction of sp³-hybridized carbons (Fsp3) is 0.333. The zero-order chi connectivity index (χ0) is 14.0. The van der Waals surface area contributed by atoms with Crippen molar-refractivity contribution in [1.29, 1.82) is 0 Å². The summed E-state index contributed by atoms with van der Waals surface area (Å²) in [5.41, 5.74) is 4.72. The van der Waals surface area contributed by atoms with Crippen LogP contribution >= 0.6 is 0 Å². The van der Waals surface area contributed by atoms with Crippen molar-refractivity contribution in [2.45, 2.75) is 27.3 Å². The van der Waals surface area contributed by atoms with Crippen molar-refractivity contribution >= 4 is 0 Å². The van der Waals surface area contributed by atoms with E-state index < -0.39 is 0 Å². The first kappa shape index (κ1) is 13.5. The zero-order valence-electron chi connectivity index (χ0n) is 11.8. The molecule has 1 heterocycles. The van der Waals surface area contributed by atoms with Gasteiger partial charge in [-0.2, -0.15) is 5.10 Å². The molecule has 0 amide bonds. The molecule has 1 aromatic carbocycles. The molecular formula is C15H19N3O. The monoisotopic (exact) mass is 257 g/mol. The molecular weight excluding hydrogens is 238 g/mol. The minimum Gasteiger partial charge on any atom is -0.314 e. The quantitative estimate of drug-likeness (QED) is 0.913. The van der Waals surface area contributed by atoms with Gasteiger partial charge in [-0.25, -0.2) is 4.68 Å². The highest BCUT2D eigenvalue weighted by atomic mass is 16.1. The molecule has 0 unspecified atom stereocenters. The minimum absolute atomic E-state index is 0.0209. The number of hydrogen-bond acceptors (Lipinski definition) is 3.